The van der Waals surface area contributed by atoms with Crippen LogP contribution in [0.2, 0.25) is 0 Å². The van der Waals surface area contributed by atoms with E-state index in [9.17, 15) is 18.0 Å². The maximum atomic E-state index is 12.4. The lowest BCUT2D eigenvalue weighted by Crippen LogP contribution is -2.19. The van der Waals surface area contributed by atoms with Crippen LogP contribution in [-0.4, -0.2) is 19.6 Å². The van der Waals surface area contributed by atoms with E-state index >= 15 is 0 Å². The highest BCUT2D eigenvalue weighted by Crippen LogP contribution is 2.30. The number of carbonyl (C=O) groups is 1. The Kier molecular flexibility index (Phi) is 5.10. The minimum atomic E-state index is -4.42. The summed E-state index contributed by atoms with van der Waals surface area (Å²) in [5.41, 5.74) is -0.108. The van der Waals surface area contributed by atoms with Crippen LogP contribution in [0.5, 0.6) is 11.5 Å². The number of alkyl halides is 3. The fourth-order valence-corrected chi connectivity index (χ4v) is 1.76. The largest absolute Gasteiger partial charge is 0.497 e. The standard InChI is InChI=1S/C16H14F3NO3/c1-22-13-8-4-12(5-9-13)20-10-15(21)23-14-6-2-11(3-7-14)16(17,18)19/h2-9,20H,10H2,1H3. The van der Waals surface area contributed by atoms with Crippen molar-refractivity contribution in [3.8, 4) is 11.5 Å². The normalized spacial score (nSPS) is 11.0. The lowest BCUT2D eigenvalue weighted by molar-refractivity contribution is -0.137. The molecular formula is C16H14F3NO3. The smallest absolute Gasteiger partial charge is 0.416 e. The molecular weight excluding hydrogens is 311 g/mol. The second-order valence-corrected chi connectivity index (χ2v) is 4.58. The van der Waals surface area contributed by atoms with Gasteiger partial charge in [0.25, 0.3) is 0 Å². The van der Waals surface area contributed by atoms with Crippen LogP contribution in [0, 0.1) is 0 Å². The molecule has 0 aliphatic heterocycles. The number of carbonyl (C=O) groups excluding carboxylic acids is 1. The van der Waals surface area contributed by atoms with Crippen LogP contribution < -0.4 is 14.8 Å². The third-order valence-electron chi connectivity index (χ3n) is 2.94. The first-order valence-corrected chi connectivity index (χ1v) is 6.64. The van der Waals surface area contributed by atoms with Gasteiger partial charge in [0.2, 0.25) is 0 Å². The number of methoxy groups -OCH3 is 1. The highest BCUT2D eigenvalue weighted by atomic mass is 19.4. The van der Waals surface area contributed by atoms with Gasteiger partial charge in [0.1, 0.15) is 18.0 Å². The molecule has 0 atom stereocenters. The van der Waals surface area contributed by atoms with Crippen molar-refractivity contribution in [2.45, 2.75) is 6.18 Å². The summed E-state index contributed by atoms with van der Waals surface area (Å²) < 4.78 is 47.2. The molecule has 0 spiro atoms. The molecule has 0 radical (unpaired) electrons. The number of anilines is 1. The van der Waals surface area contributed by atoms with Gasteiger partial charge in [-0.2, -0.15) is 13.2 Å². The topological polar surface area (TPSA) is 47.6 Å². The van der Waals surface area contributed by atoms with E-state index in [2.05, 4.69) is 5.32 Å². The third-order valence-corrected chi connectivity index (χ3v) is 2.94. The average molecular weight is 325 g/mol. The zero-order valence-electron chi connectivity index (χ0n) is 12.2. The van der Waals surface area contributed by atoms with Gasteiger partial charge in [-0.25, -0.2) is 4.79 Å². The molecule has 0 saturated heterocycles. The third kappa shape index (κ3) is 4.91. The Balaban J connectivity index is 1.86. The minimum Gasteiger partial charge on any atom is -0.497 e. The molecule has 23 heavy (non-hydrogen) atoms. The number of hydrogen-bond donors (Lipinski definition) is 1. The van der Waals surface area contributed by atoms with E-state index in [1.165, 1.54) is 0 Å². The first-order chi connectivity index (χ1) is 10.9. The lowest BCUT2D eigenvalue weighted by atomic mass is 10.2. The zero-order chi connectivity index (χ0) is 16.9. The van der Waals surface area contributed by atoms with E-state index in [0.29, 0.717) is 11.4 Å². The molecule has 4 nitrogen and oxygen atoms in total. The van der Waals surface area contributed by atoms with E-state index in [1.54, 1.807) is 31.4 Å². The number of rotatable bonds is 5. The minimum absolute atomic E-state index is 0.0551. The second kappa shape index (κ2) is 7.04. The van der Waals surface area contributed by atoms with Gasteiger partial charge < -0.3 is 14.8 Å². The zero-order valence-corrected chi connectivity index (χ0v) is 12.2. The van der Waals surface area contributed by atoms with Gasteiger partial charge in [0.15, 0.2) is 0 Å². The lowest BCUT2D eigenvalue weighted by Gasteiger charge is -2.09. The Bertz CT molecular complexity index is 652. The van der Waals surface area contributed by atoms with Crippen molar-refractivity contribution in [2.24, 2.45) is 0 Å². The molecule has 1 N–H and O–H groups in total. The summed E-state index contributed by atoms with van der Waals surface area (Å²) >= 11 is 0. The summed E-state index contributed by atoms with van der Waals surface area (Å²) in [7, 11) is 1.55. The molecule has 2 aromatic carbocycles. The Morgan fingerprint density at radius 2 is 1.57 bits per heavy atom. The van der Waals surface area contributed by atoms with Gasteiger partial charge in [-0.05, 0) is 48.5 Å². The molecule has 0 fully saturated rings. The van der Waals surface area contributed by atoms with Crippen molar-refractivity contribution in [1.29, 1.82) is 0 Å². The monoisotopic (exact) mass is 325 g/mol. The van der Waals surface area contributed by atoms with E-state index in [0.717, 1.165) is 24.3 Å². The van der Waals surface area contributed by atoms with Gasteiger partial charge in [0.05, 0.1) is 12.7 Å². The first kappa shape index (κ1) is 16.7. The van der Waals surface area contributed by atoms with Crippen LogP contribution >= 0.6 is 0 Å². The molecule has 0 saturated carbocycles. The summed E-state index contributed by atoms with van der Waals surface area (Å²) in [4.78, 5) is 11.7. The van der Waals surface area contributed by atoms with Crippen LogP contribution in [0.3, 0.4) is 0 Å². The Hall–Kier alpha value is -2.70. The van der Waals surface area contributed by atoms with Crippen molar-refractivity contribution in [2.75, 3.05) is 19.0 Å². The molecule has 0 aliphatic rings. The van der Waals surface area contributed by atoms with Gasteiger partial charge in [-0.3, -0.25) is 0 Å². The van der Waals surface area contributed by atoms with Crippen molar-refractivity contribution < 1.29 is 27.4 Å². The van der Waals surface area contributed by atoms with E-state index < -0.39 is 17.7 Å². The van der Waals surface area contributed by atoms with Gasteiger partial charge in [-0.15, -0.1) is 0 Å². The number of halogens is 3. The van der Waals surface area contributed by atoms with Crippen LogP contribution in [-0.2, 0) is 11.0 Å². The fourth-order valence-electron chi connectivity index (χ4n) is 1.76. The van der Waals surface area contributed by atoms with Crippen LogP contribution in [0.25, 0.3) is 0 Å². The highest BCUT2D eigenvalue weighted by Gasteiger charge is 2.30. The predicted molar refractivity (Wildman–Crippen MR) is 78.6 cm³/mol. The maximum Gasteiger partial charge on any atom is 0.416 e. The quantitative estimate of drug-likeness (QED) is 0.672. The number of nitrogens with one attached hydrogen (secondary N) is 1. The van der Waals surface area contributed by atoms with E-state index in [4.69, 9.17) is 9.47 Å². The van der Waals surface area contributed by atoms with Crippen molar-refractivity contribution in [1.82, 2.24) is 0 Å². The molecule has 2 aromatic rings. The van der Waals surface area contributed by atoms with Crippen LogP contribution in [0.15, 0.2) is 48.5 Å². The molecule has 7 heteroatoms. The number of esters is 1. The predicted octanol–water partition coefficient (Wildman–Crippen LogP) is 3.73. The van der Waals surface area contributed by atoms with E-state index in [1.807, 2.05) is 0 Å². The van der Waals surface area contributed by atoms with Crippen molar-refractivity contribution in [3.05, 3.63) is 54.1 Å². The SMILES string of the molecule is COc1ccc(NCC(=O)Oc2ccc(C(F)(F)F)cc2)cc1. The first-order valence-electron chi connectivity index (χ1n) is 6.64. The van der Waals surface area contributed by atoms with Crippen LogP contribution in [0.4, 0.5) is 18.9 Å². The summed E-state index contributed by atoms with van der Waals surface area (Å²) in [5, 5.41) is 2.84. The maximum absolute atomic E-state index is 12.4. The average Bonchev–Trinajstić information content (AvgIpc) is 2.53. The Morgan fingerprint density at radius 1 is 1.00 bits per heavy atom. The molecule has 122 valence electrons. The Labute approximate surface area is 130 Å². The van der Waals surface area contributed by atoms with Gasteiger partial charge in [0, 0.05) is 5.69 Å². The van der Waals surface area contributed by atoms with Crippen molar-refractivity contribution >= 4 is 11.7 Å². The summed E-state index contributed by atoms with van der Waals surface area (Å²) in [5.74, 6) is 0.128. The molecule has 0 amide bonds. The number of ether oxygens (including phenoxy) is 2. The van der Waals surface area contributed by atoms with Gasteiger partial charge in [-0.1, -0.05) is 0 Å². The molecule has 0 heterocycles. The summed E-state index contributed by atoms with van der Waals surface area (Å²) in [6.07, 6.45) is -4.42. The highest BCUT2D eigenvalue weighted by molar-refractivity contribution is 5.77. The molecule has 0 unspecified atom stereocenters. The van der Waals surface area contributed by atoms with Gasteiger partial charge >= 0.3 is 12.1 Å². The second-order valence-electron chi connectivity index (χ2n) is 4.58. The van der Waals surface area contributed by atoms with Crippen LogP contribution in [0.1, 0.15) is 5.56 Å². The molecule has 0 bridgehead atoms. The number of hydrogen-bond acceptors (Lipinski definition) is 4. The van der Waals surface area contributed by atoms with E-state index in [-0.39, 0.29) is 12.3 Å². The molecule has 0 aromatic heterocycles. The molecule has 0 aliphatic carbocycles. The Morgan fingerprint density at radius 3 is 2.09 bits per heavy atom. The fraction of sp³-hybridized carbons (Fsp3) is 0.188. The summed E-state index contributed by atoms with van der Waals surface area (Å²) in [6.45, 7) is -0.118. The van der Waals surface area contributed by atoms with Crippen molar-refractivity contribution in [3.63, 3.8) is 0 Å². The number of benzene rings is 2. The molecule has 2 rings (SSSR count). The summed E-state index contributed by atoms with van der Waals surface area (Å²) in [6, 6.07) is 10.8.